The molecule has 0 spiro atoms. The average molecular weight is 243 g/mol. The maximum Gasteiger partial charge on any atom is 0.183 e. The van der Waals surface area contributed by atoms with E-state index in [9.17, 15) is 0 Å². The lowest BCUT2D eigenvalue weighted by Crippen LogP contribution is -2.03. The second kappa shape index (κ2) is 4.14. The van der Waals surface area contributed by atoms with E-state index in [-0.39, 0.29) is 0 Å². The molecule has 0 aliphatic carbocycles. The third-order valence-electron chi connectivity index (χ3n) is 2.62. The molecule has 0 radical (unpaired) electrons. The Morgan fingerprint density at radius 1 is 1.28 bits per heavy atom. The van der Waals surface area contributed by atoms with Crippen molar-refractivity contribution in [1.29, 1.82) is 0 Å². The predicted molar refractivity (Wildman–Crippen MR) is 67.2 cm³/mol. The minimum Gasteiger partial charge on any atom is -0.465 e. The van der Waals surface area contributed by atoms with Crippen LogP contribution in [0.2, 0.25) is 0 Å². The van der Waals surface area contributed by atoms with Gasteiger partial charge in [0, 0.05) is 0 Å². The maximum atomic E-state index is 5.50. The van der Waals surface area contributed by atoms with E-state index in [4.69, 9.17) is 4.42 Å². The first-order valence-corrected chi connectivity index (χ1v) is 5.69. The highest BCUT2D eigenvalue weighted by Crippen LogP contribution is 2.17. The van der Waals surface area contributed by atoms with Gasteiger partial charge in [-0.2, -0.15) is 0 Å². The van der Waals surface area contributed by atoms with Crippen LogP contribution in [0.4, 0.5) is 5.82 Å². The zero-order valence-corrected chi connectivity index (χ0v) is 10.2. The maximum absolute atomic E-state index is 5.50. The van der Waals surface area contributed by atoms with Gasteiger partial charge < -0.3 is 14.7 Å². The van der Waals surface area contributed by atoms with E-state index in [1.165, 1.54) is 0 Å². The largest absolute Gasteiger partial charge is 0.465 e. The number of hydrogen-bond donors (Lipinski definition) is 2. The second-order valence-electron chi connectivity index (χ2n) is 4.09. The van der Waals surface area contributed by atoms with Crippen LogP contribution in [0, 0.1) is 13.8 Å². The minimum absolute atomic E-state index is 0.582. The third kappa shape index (κ3) is 1.92. The summed E-state index contributed by atoms with van der Waals surface area (Å²) in [5.41, 5.74) is 1.48. The van der Waals surface area contributed by atoms with Crippen LogP contribution in [0.3, 0.4) is 0 Å². The van der Waals surface area contributed by atoms with Gasteiger partial charge in [-0.1, -0.05) is 0 Å². The Morgan fingerprint density at radius 3 is 2.94 bits per heavy atom. The number of rotatable bonds is 3. The standard InChI is InChI=1S/C12H13N5O/c1-7-3-4-9(18-7)5-13-11-10-12(15-6-14-10)17-8(2)16-11/h3-4,6H,5H2,1-2H3,(H2,13,14,15,16,17). The van der Waals surface area contributed by atoms with Gasteiger partial charge in [0.15, 0.2) is 11.5 Å². The lowest BCUT2D eigenvalue weighted by molar-refractivity contribution is 0.490. The Labute approximate surface area is 103 Å². The van der Waals surface area contributed by atoms with Gasteiger partial charge in [0.05, 0.1) is 12.9 Å². The number of nitrogens with zero attached hydrogens (tertiary/aromatic N) is 3. The molecular weight excluding hydrogens is 230 g/mol. The summed E-state index contributed by atoms with van der Waals surface area (Å²) in [6.07, 6.45) is 1.61. The highest BCUT2D eigenvalue weighted by Gasteiger charge is 2.08. The SMILES string of the molecule is Cc1nc(NCc2ccc(C)o2)c2[nH]cnc2n1. The van der Waals surface area contributed by atoms with E-state index in [1.807, 2.05) is 26.0 Å². The Kier molecular flexibility index (Phi) is 2.47. The van der Waals surface area contributed by atoms with Crippen molar-refractivity contribution in [2.75, 3.05) is 5.32 Å². The number of furan rings is 1. The normalized spacial score (nSPS) is 11.0. The van der Waals surface area contributed by atoms with Gasteiger partial charge in [0.1, 0.15) is 22.9 Å². The van der Waals surface area contributed by atoms with Crippen LogP contribution in [0.15, 0.2) is 22.9 Å². The monoisotopic (exact) mass is 243 g/mol. The molecule has 0 unspecified atom stereocenters. The number of aromatic amines is 1. The molecule has 2 N–H and O–H groups in total. The van der Waals surface area contributed by atoms with Crippen molar-refractivity contribution >= 4 is 17.0 Å². The number of fused-ring (bicyclic) bond motifs is 1. The van der Waals surface area contributed by atoms with E-state index in [0.29, 0.717) is 18.0 Å². The Hall–Kier alpha value is -2.37. The van der Waals surface area contributed by atoms with Crippen molar-refractivity contribution in [2.24, 2.45) is 0 Å². The van der Waals surface area contributed by atoms with E-state index >= 15 is 0 Å². The summed E-state index contributed by atoms with van der Waals surface area (Å²) in [4.78, 5) is 15.8. The molecule has 0 bridgehead atoms. The first-order chi connectivity index (χ1) is 8.72. The zero-order chi connectivity index (χ0) is 12.5. The molecule has 3 heterocycles. The van der Waals surface area contributed by atoms with Crippen LogP contribution in [-0.4, -0.2) is 19.9 Å². The minimum atomic E-state index is 0.582. The van der Waals surface area contributed by atoms with Crippen molar-refractivity contribution in [1.82, 2.24) is 19.9 Å². The molecule has 0 saturated carbocycles. The van der Waals surface area contributed by atoms with Gasteiger partial charge in [0.2, 0.25) is 0 Å². The van der Waals surface area contributed by atoms with Gasteiger partial charge in [-0.15, -0.1) is 0 Å². The van der Waals surface area contributed by atoms with Gasteiger partial charge >= 0.3 is 0 Å². The zero-order valence-electron chi connectivity index (χ0n) is 10.2. The summed E-state index contributed by atoms with van der Waals surface area (Å²) < 4.78 is 5.50. The van der Waals surface area contributed by atoms with Crippen LogP contribution in [0.25, 0.3) is 11.2 Å². The van der Waals surface area contributed by atoms with E-state index in [1.54, 1.807) is 6.33 Å². The topological polar surface area (TPSA) is 79.6 Å². The van der Waals surface area contributed by atoms with Crippen molar-refractivity contribution < 1.29 is 4.42 Å². The molecular formula is C12H13N5O. The first kappa shape index (κ1) is 10.8. The number of anilines is 1. The number of nitrogens with one attached hydrogen (secondary N) is 2. The van der Waals surface area contributed by atoms with Gasteiger partial charge in [-0.3, -0.25) is 0 Å². The third-order valence-corrected chi connectivity index (χ3v) is 2.62. The van der Waals surface area contributed by atoms with Gasteiger partial charge in [-0.05, 0) is 26.0 Å². The lowest BCUT2D eigenvalue weighted by Gasteiger charge is -2.05. The number of hydrogen-bond acceptors (Lipinski definition) is 5. The van der Waals surface area contributed by atoms with Gasteiger partial charge in [-0.25, -0.2) is 15.0 Å². The summed E-state index contributed by atoms with van der Waals surface area (Å²) in [5, 5.41) is 3.23. The molecule has 92 valence electrons. The van der Waals surface area contributed by atoms with E-state index < -0.39 is 0 Å². The summed E-state index contributed by atoms with van der Waals surface area (Å²) in [7, 11) is 0. The highest BCUT2D eigenvalue weighted by molar-refractivity contribution is 5.82. The molecule has 0 aromatic carbocycles. The Morgan fingerprint density at radius 2 is 2.17 bits per heavy atom. The fourth-order valence-corrected chi connectivity index (χ4v) is 1.82. The first-order valence-electron chi connectivity index (χ1n) is 5.69. The van der Waals surface area contributed by atoms with Crippen LogP contribution in [0.5, 0.6) is 0 Å². The molecule has 0 amide bonds. The summed E-state index contributed by atoms with van der Waals surface area (Å²) in [5.74, 6) is 3.20. The van der Waals surface area contributed by atoms with E-state index in [2.05, 4.69) is 25.3 Å². The molecule has 0 atom stereocenters. The lowest BCUT2D eigenvalue weighted by atomic mass is 10.4. The average Bonchev–Trinajstić information content (AvgIpc) is 2.94. The highest BCUT2D eigenvalue weighted by atomic mass is 16.3. The van der Waals surface area contributed by atoms with Crippen LogP contribution < -0.4 is 5.32 Å². The number of aromatic nitrogens is 4. The molecule has 6 nitrogen and oxygen atoms in total. The predicted octanol–water partition coefficient (Wildman–Crippen LogP) is 2.17. The molecule has 0 fully saturated rings. The van der Waals surface area contributed by atoms with Crippen LogP contribution >= 0.6 is 0 Å². The molecule has 0 aliphatic heterocycles. The van der Waals surface area contributed by atoms with Crippen LogP contribution in [-0.2, 0) is 6.54 Å². The Balaban J connectivity index is 1.87. The summed E-state index contributed by atoms with van der Waals surface area (Å²) in [6, 6.07) is 3.88. The molecule has 3 rings (SSSR count). The van der Waals surface area contributed by atoms with Crippen molar-refractivity contribution in [3.63, 3.8) is 0 Å². The summed E-state index contributed by atoms with van der Waals surface area (Å²) >= 11 is 0. The van der Waals surface area contributed by atoms with Crippen LogP contribution in [0.1, 0.15) is 17.3 Å². The smallest absolute Gasteiger partial charge is 0.183 e. The van der Waals surface area contributed by atoms with Crippen molar-refractivity contribution in [3.8, 4) is 0 Å². The quantitative estimate of drug-likeness (QED) is 0.737. The van der Waals surface area contributed by atoms with Crippen molar-refractivity contribution in [3.05, 3.63) is 35.8 Å². The molecule has 0 aliphatic rings. The molecule has 0 saturated heterocycles. The number of H-pyrrole nitrogens is 1. The molecule has 6 heteroatoms. The number of aryl methyl sites for hydroxylation is 2. The fourth-order valence-electron chi connectivity index (χ4n) is 1.82. The fraction of sp³-hybridized carbons (Fsp3) is 0.250. The molecule has 3 aromatic heterocycles. The van der Waals surface area contributed by atoms with Crippen molar-refractivity contribution in [2.45, 2.75) is 20.4 Å². The van der Waals surface area contributed by atoms with E-state index in [0.717, 1.165) is 22.9 Å². The Bertz CT molecular complexity index is 685. The number of imidazole rings is 1. The molecule has 18 heavy (non-hydrogen) atoms. The summed E-state index contributed by atoms with van der Waals surface area (Å²) in [6.45, 7) is 4.35. The second-order valence-corrected chi connectivity index (χ2v) is 4.09. The molecule has 3 aromatic rings. The van der Waals surface area contributed by atoms with Gasteiger partial charge in [0.25, 0.3) is 0 Å².